The first-order valence-corrected chi connectivity index (χ1v) is 7.20. The van der Waals surface area contributed by atoms with Gasteiger partial charge in [-0.25, -0.2) is 14.3 Å². The van der Waals surface area contributed by atoms with Gasteiger partial charge < -0.3 is 5.11 Å². The molecule has 0 bridgehead atoms. The number of carboxylic acid groups (broad SMARTS) is 1. The molecular formula is C14H13F3N4O3. The molecular weight excluding hydrogens is 329 g/mol. The van der Waals surface area contributed by atoms with Gasteiger partial charge in [0.15, 0.2) is 0 Å². The Labute approximate surface area is 133 Å². The molecule has 0 saturated heterocycles. The smallest absolute Gasteiger partial charge is 0.416 e. The Kier molecular flexibility index (Phi) is 3.90. The molecule has 0 fully saturated rings. The lowest BCUT2D eigenvalue weighted by Crippen LogP contribution is -2.34. The molecule has 0 amide bonds. The van der Waals surface area contributed by atoms with Gasteiger partial charge in [0.05, 0.1) is 17.8 Å². The van der Waals surface area contributed by atoms with E-state index in [0.717, 1.165) is 27.6 Å². The summed E-state index contributed by atoms with van der Waals surface area (Å²) in [5.74, 6) is -0.805. The predicted molar refractivity (Wildman–Crippen MR) is 74.4 cm³/mol. The van der Waals surface area contributed by atoms with Crippen LogP contribution in [-0.2, 0) is 23.9 Å². The molecule has 0 aromatic carbocycles. The van der Waals surface area contributed by atoms with Crippen molar-refractivity contribution in [3.05, 3.63) is 45.9 Å². The van der Waals surface area contributed by atoms with Crippen LogP contribution in [0.3, 0.4) is 0 Å². The topological polar surface area (TPSA) is 90.0 Å². The van der Waals surface area contributed by atoms with Crippen LogP contribution in [0.1, 0.15) is 36.0 Å². The van der Waals surface area contributed by atoms with Gasteiger partial charge in [0, 0.05) is 12.6 Å². The monoisotopic (exact) mass is 342 g/mol. The van der Waals surface area contributed by atoms with E-state index in [0.29, 0.717) is 25.1 Å². The molecule has 1 atom stereocenters. The van der Waals surface area contributed by atoms with Gasteiger partial charge in [-0.05, 0) is 25.0 Å². The molecule has 1 N–H and O–H groups in total. The Morgan fingerprint density at radius 3 is 2.83 bits per heavy atom. The van der Waals surface area contributed by atoms with E-state index < -0.39 is 29.4 Å². The Bertz CT molecular complexity index is 841. The number of aryl methyl sites for hydroxylation is 1. The van der Waals surface area contributed by atoms with Crippen LogP contribution in [0.5, 0.6) is 0 Å². The number of hydrogen-bond acceptors (Lipinski definition) is 4. The summed E-state index contributed by atoms with van der Waals surface area (Å²) in [6, 6.07) is 0.689. The van der Waals surface area contributed by atoms with Gasteiger partial charge in [-0.3, -0.25) is 9.55 Å². The highest BCUT2D eigenvalue weighted by Crippen LogP contribution is 2.29. The first kappa shape index (κ1) is 16.2. The molecule has 3 rings (SSSR count). The Hall–Kier alpha value is -2.65. The fourth-order valence-corrected chi connectivity index (χ4v) is 2.76. The summed E-state index contributed by atoms with van der Waals surface area (Å²) in [6.07, 6.45) is -2.16. The number of carboxylic acids is 1. The lowest BCUT2D eigenvalue weighted by Gasteiger charge is -2.19. The Morgan fingerprint density at radius 2 is 2.17 bits per heavy atom. The fraction of sp³-hybridized carbons (Fsp3) is 0.429. The van der Waals surface area contributed by atoms with Gasteiger partial charge >= 0.3 is 17.8 Å². The van der Waals surface area contributed by atoms with Crippen LogP contribution in [0.15, 0.2) is 23.1 Å². The van der Waals surface area contributed by atoms with Crippen molar-refractivity contribution < 1.29 is 23.1 Å². The molecule has 128 valence electrons. The molecule has 0 unspecified atom stereocenters. The highest BCUT2D eigenvalue weighted by Gasteiger charge is 2.32. The maximum absolute atomic E-state index is 12.7. The van der Waals surface area contributed by atoms with Crippen LogP contribution in [0.2, 0.25) is 0 Å². The van der Waals surface area contributed by atoms with Crippen molar-refractivity contribution >= 4 is 5.97 Å². The summed E-state index contributed by atoms with van der Waals surface area (Å²) >= 11 is 0. The number of pyridine rings is 1. The number of rotatable bonds is 3. The van der Waals surface area contributed by atoms with Gasteiger partial charge in [-0.15, -0.1) is 0 Å². The molecule has 7 nitrogen and oxygen atoms in total. The zero-order valence-corrected chi connectivity index (χ0v) is 12.3. The zero-order valence-electron chi connectivity index (χ0n) is 12.3. The van der Waals surface area contributed by atoms with Gasteiger partial charge in [0.25, 0.3) is 0 Å². The molecule has 0 aliphatic carbocycles. The number of nitrogens with zero attached hydrogens (tertiary/aromatic N) is 4. The van der Waals surface area contributed by atoms with Crippen molar-refractivity contribution in [2.75, 3.05) is 0 Å². The van der Waals surface area contributed by atoms with E-state index in [1.54, 1.807) is 0 Å². The third kappa shape index (κ3) is 2.91. The van der Waals surface area contributed by atoms with Crippen molar-refractivity contribution in [3.63, 3.8) is 0 Å². The van der Waals surface area contributed by atoms with Crippen LogP contribution < -0.4 is 5.69 Å². The van der Waals surface area contributed by atoms with E-state index in [-0.39, 0.29) is 12.2 Å². The van der Waals surface area contributed by atoms with E-state index in [1.807, 2.05) is 0 Å². The maximum atomic E-state index is 12.7. The minimum Gasteiger partial charge on any atom is -0.480 e. The van der Waals surface area contributed by atoms with Crippen molar-refractivity contribution in [3.8, 4) is 0 Å². The summed E-state index contributed by atoms with van der Waals surface area (Å²) in [5, 5.41) is 13.3. The van der Waals surface area contributed by atoms with Crippen molar-refractivity contribution in [1.29, 1.82) is 0 Å². The first-order chi connectivity index (χ1) is 11.3. The van der Waals surface area contributed by atoms with Crippen molar-refractivity contribution in [2.24, 2.45) is 0 Å². The fourth-order valence-electron chi connectivity index (χ4n) is 2.76. The normalized spacial score (nSPS) is 17.5. The van der Waals surface area contributed by atoms with E-state index in [2.05, 4.69) is 10.1 Å². The highest BCUT2D eigenvalue weighted by atomic mass is 19.4. The average Bonchev–Trinajstić information content (AvgIpc) is 2.83. The van der Waals surface area contributed by atoms with Crippen LogP contribution >= 0.6 is 0 Å². The summed E-state index contributed by atoms with van der Waals surface area (Å²) in [4.78, 5) is 27.4. The van der Waals surface area contributed by atoms with Crippen LogP contribution in [0.25, 0.3) is 0 Å². The first-order valence-electron chi connectivity index (χ1n) is 7.20. The van der Waals surface area contributed by atoms with Gasteiger partial charge in [0.1, 0.15) is 11.9 Å². The van der Waals surface area contributed by atoms with E-state index in [4.69, 9.17) is 0 Å². The van der Waals surface area contributed by atoms with Gasteiger partial charge in [-0.1, -0.05) is 0 Å². The number of aromatic nitrogens is 4. The summed E-state index contributed by atoms with van der Waals surface area (Å²) < 4.78 is 40.2. The molecule has 10 heteroatoms. The highest BCUT2D eigenvalue weighted by molar-refractivity contribution is 5.72. The molecule has 24 heavy (non-hydrogen) atoms. The third-order valence-electron chi connectivity index (χ3n) is 3.87. The van der Waals surface area contributed by atoms with Crippen molar-refractivity contribution in [2.45, 2.75) is 38.0 Å². The molecule has 0 spiro atoms. The lowest BCUT2D eigenvalue weighted by atomic mass is 10.1. The zero-order chi connectivity index (χ0) is 17.5. The van der Waals surface area contributed by atoms with E-state index in [1.165, 1.54) is 0 Å². The van der Waals surface area contributed by atoms with Crippen LogP contribution in [-0.4, -0.2) is 30.4 Å². The number of aliphatic carboxylic acids is 1. The second kappa shape index (κ2) is 5.77. The van der Waals surface area contributed by atoms with Gasteiger partial charge in [0.2, 0.25) is 0 Å². The molecule has 3 heterocycles. The average molecular weight is 342 g/mol. The van der Waals surface area contributed by atoms with E-state index >= 15 is 0 Å². The molecule has 0 radical (unpaired) electrons. The Balaban J connectivity index is 1.95. The second-order valence-electron chi connectivity index (χ2n) is 5.51. The van der Waals surface area contributed by atoms with Gasteiger partial charge in [-0.2, -0.15) is 18.3 Å². The standard InChI is InChI=1S/C14H13F3N4O3/c15-14(16,17)8-4-5-18-9(6-8)7-20-13(24)21-10(12(22)23)2-1-3-11(21)19-20/h4-6,10H,1-3,7H2,(H,22,23)/t10-/m0/s1. The number of halogens is 3. The Morgan fingerprint density at radius 1 is 1.42 bits per heavy atom. The summed E-state index contributed by atoms with van der Waals surface area (Å²) in [5.41, 5.74) is -1.50. The molecule has 0 saturated carbocycles. The number of hydrogen-bond donors (Lipinski definition) is 1. The minimum absolute atomic E-state index is 0.0225. The predicted octanol–water partition coefficient (Wildman–Crippen LogP) is 1.47. The maximum Gasteiger partial charge on any atom is 0.416 e. The summed E-state index contributed by atoms with van der Waals surface area (Å²) in [7, 11) is 0. The lowest BCUT2D eigenvalue weighted by molar-refractivity contribution is -0.141. The molecule has 1 aliphatic rings. The number of alkyl halides is 3. The largest absolute Gasteiger partial charge is 0.480 e. The molecule has 2 aromatic rings. The SMILES string of the molecule is O=C(O)[C@@H]1CCCc2nn(Cc3cc(C(F)(F)F)ccn3)c(=O)n21. The second-order valence-corrected chi connectivity index (χ2v) is 5.51. The molecule has 1 aliphatic heterocycles. The number of fused-ring (bicyclic) bond motifs is 1. The van der Waals surface area contributed by atoms with Crippen molar-refractivity contribution in [1.82, 2.24) is 19.3 Å². The minimum atomic E-state index is -4.51. The molecule has 2 aromatic heterocycles. The quantitative estimate of drug-likeness (QED) is 0.912. The van der Waals surface area contributed by atoms with Crippen LogP contribution in [0.4, 0.5) is 13.2 Å². The third-order valence-corrected chi connectivity index (χ3v) is 3.87. The number of carbonyl (C=O) groups is 1. The summed E-state index contributed by atoms with van der Waals surface area (Å²) in [6.45, 7) is -0.255. The van der Waals surface area contributed by atoms with E-state index in [9.17, 15) is 27.9 Å². The van der Waals surface area contributed by atoms with Crippen LogP contribution in [0, 0.1) is 0 Å².